The van der Waals surface area contributed by atoms with Crippen LogP contribution in [0.5, 0.6) is 0 Å². The van der Waals surface area contributed by atoms with Crippen molar-refractivity contribution in [2.45, 2.75) is 4.21 Å². The third-order valence-corrected chi connectivity index (χ3v) is 8.11. The van der Waals surface area contributed by atoms with Crippen molar-refractivity contribution in [2.75, 3.05) is 44.7 Å². The number of sulfonamides is 1. The number of carbonyl (C=O) groups is 1. The van der Waals surface area contributed by atoms with Crippen molar-refractivity contribution in [3.05, 3.63) is 45.8 Å². The topological polar surface area (TPSA) is 60.9 Å². The highest BCUT2D eigenvalue weighted by Crippen LogP contribution is 2.27. The molecule has 1 fully saturated rings. The number of likely N-dealkylation sites (N-methyl/N-ethyl adjacent to an activating group) is 1. The Kier molecular flexibility index (Phi) is 6.32. The highest BCUT2D eigenvalue weighted by Gasteiger charge is 2.28. The van der Waals surface area contributed by atoms with Crippen LogP contribution in [0.1, 0.15) is 0 Å². The van der Waals surface area contributed by atoms with E-state index in [2.05, 4.69) is 4.90 Å². The van der Waals surface area contributed by atoms with Crippen LogP contribution in [0.4, 0.5) is 5.69 Å². The average molecular weight is 448 g/mol. The van der Waals surface area contributed by atoms with Crippen LogP contribution in [0.25, 0.3) is 0 Å². The minimum Gasteiger partial charge on any atom is -0.368 e. The van der Waals surface area contributed by atoms with Crippen LogP contribution in [0.3, 0.4) is 0 Å². The molecular formula is C17H19Cl2N3O3S2. The first-order valence-electron chi connectivity index (χ1n) is 8.27. The molecule has 1 aliphatic rings. The normalized spacial score (nSPS) is 15.4. The van der Waals surface area contributed by atoms with Crippen LogP contribution in [-0.2, 0) is 14.8 Å². The fourth-order valence-corrected chi connectivity index (χ4v) is 5.85. The van der Waals surface area contributed by atoms with Crippen molar-refractivity contribution in [1.29, 1.82) is 0 Å². The largest absolute Gasteiger partial charge is 0.368 e. The molecule has 1 aliphatic heterocycles. The Bertz CT molecular complexity index is 925. The van der Waals surface area contributed by atoms with Gasteiger partial charge in [0.15, 0.2) is 0 Å². The smallest absolute Gasteiger partial charge is 0.252 e. The summed E-state index contributed by atoms with van der Waals surface area (Å²) in [6.45, 7) is 2.20. The highest BCUT2D eigenvalue weighted by molar-refractivity contribution is 7.91. The number of hydrogen-bond donors (Lipinski definition) is 0. The number of hydrogen-bond acceptors (Lipinski definition) is 5. The molecule has 10 heteroatoms. The monoisotopic (exact) mass is 447 g/mol. The Hall–Kier alpha value is -1.32. The molecule has 1 amide bonds. The minimum atomic E-state index is -3.72. The summed E-state index contributed by atoms with van der Waals surface area (Å²) in [5.74, 6) is -0.213. The van der Waals surface area contributed by atoms with Crippen LogP contribution >= 0.6 is 34.5 Å². The number of amides is 1. The second-order valence-corrected chi connectivity index (χ2v) is 10.6. The molecule has 0 radical (unpaired) electrons. The van der Waals surface area contributed by atoms with Gasteiger partial charge in [-0.15, -0.1) is 11.3 Å². The number of benzene rings is 1. The maximum absolute atomic E-state index is 12.5. The van der Waals surface area contributed by atoms with Gasteiger partial charge in [-0.3, -0.25) is 4.79 Å². The van der Waals surface area contributed by atoms with E-state index in [-0.39, 0.29) is 16.7 Å². The van der Waals surface area contributed by atoms with Gasteiger partial charge in [0.2, 0.25) is 5.91 Å². The van der Waals surface area contributed by atoms with Gasteiger partial charge in [-0.1, -0.05) is 29.3 Å². The summed E-state index contributed by atoms with van der Waals surface area (Å²) in [6.07, 6.45) is 0. The van der Waals surface area contributed by atoms with Crippen molar-refractivity contribution >= 4 is 56.2 Å². The Morgan fingerprint density at radius 2 is 1.85 bits per heavy atom. The minimum absolute atomic E-state index is 0.133. The van der Waals surface area contributed by atoms with E-state index in [9.17, 15) is 13.2 Å². The zero-order chi connectivity index (χ0) is 19.6. The summed E-state index contributed by atoms with van der Waals surface area (Å²) in [4.78, 5) is 16.4. The molecule has 0 saturated carbocycles. The summed E-state index contributed by atoms with van der Waals surface area (Å²) in [6, 6.07) is 10.6. The van der Waals surface area contributed by atoms with Crippen LogP contribution < -0.4 is 4.90 Å². The number of halogens is 2. The summed E-state index contributed by atoms with van der Waals surface area (Å²) in [5, 5.41) is 0.673. The molecule has 0 spiro atoms. The van der Waals surface area contributed by atoms with Gasteiger partial charge in [0.25, 0.3) is 10.0 Å². The number of rotatable bonds is 5. The summed E-state index contributed by atoms with van der Waals surface area (Å²) in [7, 11) is -2.31. The predicted molar refractivity (Wildman–Crippen MR) is 109 cm³/mol. The van der Waals surface area contributed by atoms with Crippen molar-refractivity contribution in [3.63, 3.8) is 0 Å². The summed E-state index contributed by atoms with van der Waals surface area (Å²) < 4.78 is 26.6. The molecule has 1 aromatic carbocycles. The fraction of sp³-hybridized carbons (Fsp3) is 0.353. The van der Waals surface area contributed by atoms with Gasteiger partial charge in [0.05, 0.1) is 10.9 Å². The molecule has 27 heavy (non-hydrogen) atoms. The van der Waals surface area contributed by atoms with Crippen LogP contribution in [-0.4, -0.2) is 63.3 Å². The lowest BCUT2D eigenvalue weighted by Gasteiger charge is -2.36. The van der Waals surface area contributed by atoms with Crippen LogP contribution in [0.2, 0.25) is 9.36 Å². The lowest BCUT2D eigenvalue weighted by atomic mass is 10.2. The fourth-order valence-electron chi connectivity index (χ4n) is 2.85. The van der Waals surface area contributed by atoms with Gasteiger partial charge in [0.1, 0.15) is 4.21 Å². The molecule has 146 valence electrons. The second-order valence-electron chi connectivity index (χ2n) is 6.17. The molecule has 0 bridgehead atoms. The highest BCUT2D eigenvalue weighted by atomic mass is 35.5. The van der Waals surface area contributed by atoms with Crippen molar-refractivity contribution in [3.8, 4) is 0 Å². The lowest BCUT2D eigenvalue weighted by Crippen LogP contribution is -2.51. The Morgan fingerprint density at radius 1 is 1.15 bits per heavy atom. The van der Waals surface area contributed by atoms with Crippen molar-refractivity contribution in [1.82, 2.24) is 9.21 Å². The average Bonchev–Trinajstić information content (AvgIpc) is 3.09. The molecule has 1 saturated heterocycles. The maximum Gasteiger partial charge on any atom is 0.252 e. The third-order valence-electron chi connectivity index (χ3n) is 4.38. The Morgan fingerprint density at radius 3 is 2.44 bits per heavy atom. The van der Waals surface area contributed by atoms with Gasteiger partial charge in [0, 0.05) is 43.9 Å². The molecule has 3 rings (SSSR count). The van der Waals surface area contributed by atoms with Gasteiger partial charge in [-0.25, -0.2) is 8.42 Å². The van der Waals surface area contributed by atoms with E-state index in [0.29, 0.717) is 35.5 Å². The second kappa shape index (κ2) is 8.36. The van der Waals surface area contributed by atoms with Gasteiger partial charge >= 0.3 is 0 Å². The molecule has 1 aromatic heterocycles. The number of piperazine rings is 1. The Labute approximate surface area is 172 Å². The van der Waals surface area contributed by atoms with Crippen molar-refractivity contribution < 1.29 is 13.2 Å². The van der Waals surface area contributed by atoms with Gasteiger partial charge < -0.3 is 9.80 Å². The molecular weight excluding hydrogens is 429 g/mol. The number of anilines is 1. The first-order valence-corrected chi connectivity index (χ1v) is 11.3. The van der Waals surface area contributed by atoms with Crippen molar-refractivity contribution in [2.24, 2.45) is 0 Å². The first kappa shape index (κ1) is 20.4. The van der Waals surface area contributed by atoms with E-state index in [1.807, 2.05) is 24.3 Å². The number of thiophene rings is 1. The quantitative estimate of drug-likeness (QED) is 0.706. The van der Waals surface area contributed by atoms with Crippen LogP contribution in [0, 0.1) is 0 Å². The molecule has 2 heterocycles. The van der Waals surface area contributed by atoms with Gasteiger partial charge in [-0.2, -0.15) is 4.31 Å². The number of nitrogens with zero attached hydrogens (tertiary/aromatic N) is 3. The first-order chi connectivity index (χ1) is 12.8. The molecule has 0 N–H and O–H groups in total. The molecule has 0 aliphatic carbocycles. The Balaban J connectivity index is 1.58. The molecule has 0 unspecified atom stereocenters. The van der Waals surface area contributed by atoms with E-state index in [0.717, 1.165) is 21.3 Å². The molecule has 0 atom stereocenters. The molecule has 2 aromatic rings. The lowest BCUT2D eigenvalue weighted by molar-refractivity contribution is -0.131. The van der Waals surface area contributed by atoms with E-state index in [1.165, 1.54) is 19.2 Å². The zero-order valence-electron chi connectivity index (χ0n) is 14.6. The standard InChI is InChI=1S/C17H19Cl2N3O3S2/c1-20(27(24,25)17-6-5-15(19)26-17)12-16(23)22-9-7-21(8-10-22)14-4-2-3-13(18)11-14/h2-6,11H,7-10,12H2,1H3. The number of carbonyl (C=O) groups excluding carboxylic acids is 1. The summed E-state index contributed by atoms with van der Waals surface area (Å²) in [5.41, 5.74) is 1.02. The zero-order valence-corrected chi connectivity index (χ0v) is 17.8. The summed E-state index contributed by atoms with van der Waals surface area (Å²) >= 11 is 12.8. The SMILES string of the molecule is CN(CC(=O)N1CCN(c2cccc(Cl)c2)CC1)S(=O)(=O)c1ccc(Cl)s1. The maximum atomic E-state index is 12.5. The van der Waals surface area contributed by atoms with E-state index in [1.54, 1.807) is 4.90 Å². The van der Waals surface area contributed by atoms with E-state index < -0.39 is 10.0 Å². The molecule has 6 nitrogen and oxygen atoms in total. The predicted octanol–water partition coefficient (Wildman–Crippen LogP) is 3.02. The van der Waals surface area contributed by atoms with E-state index >= 15 is 0 Å². The van der Waals surface area contributed by atoms with E-state index in [4.69, 9.17) is 23.2 Å². The van der Waals surface area contributed by atoms with Crippen LogP contribution in [0.15, 0.2) is 40.6 Å². The third kappa shape index (κ3) is 4.75. The van der Waals surface area contributed by atoms with Gasteiger partial charge in [-0.05, 0) is 30.3 Å².